The molecule has 0 aliphatic carbocycles. The molecule has 1 aliphatic rings. The number of nitrogens with one attached hydrogen (secondary N) is 1. The Bertz CT molecular complexity index is 449. The number of rotatable bonds is 2. The van der Waals surface area contributed by atoms with E-state index in [2.05, 4.69) is 5.32 Å². The summed E-state index contributed by atoms with van der Waals surface area (Å²) in [6.07, 6.45) is 0. The second-order valence-electron chi connectivity index (χ2n) is 3.75. The average Bonchev–Trinajstić information content (AvgIpc) is 2.33. The normalized spacial score (nSPS) is 16.0. The lowest BCUT2D eigenvalue weighted by atomic mass is 10.2. The van der Waals surface area contributed by atoms with Crippen LogP contribution in [0.15, 0.2) is 12.1 Å². The van der Waals surface area contributed by atoms with E-state index in [1.54, 1.807) is 22.6 Å². The van der Waals surface area contributed by atoms with Gasteiger partial charge in [-0.1, -0.05) is 0 Å². The third-order valence-corrected chi connectivity index (χ3v) is 3.50. The molecule has 2 rings (SSSR count). The summed E-state index contributed by atoms with van der Waals surface area (Å²) < 4.78 is 13.8. The quantitative estimate of drug-likeness (QED) is 0.501. The van der Waals surface area contributed by atoms with Crippen molar-refractivity contribution in [3.63, 3.8) is 0 Å². The molecule has 0 bridgehead atoms. The van der Waals surface area contributed by atoms with E-state index in [1.807, 2.05) is 4.90 Å². The second kappa shape index (κ2) is 5.13. The summed E-state index contributed by atoms with van der Waals surface area (Å²) in [5.74, 6) is -0.412. The topological polar surface area (TPSA) is 58.4 Å². The molecule has 0 atom stereocenters. The van der Waals surface area contributed by atoms with Crippen LogP contribution in [-0.4, -0.2) is 31.1 Å². The minimum absolute atomic E-state index is 0.0299. The van der Waals surface area contributed by atoms with Gasteiger partial charge in [-0.3, -0.25) is 10.1 Å². The number of halogens is 2. The van der Waals surface area contributed by atoms with Crippen molar-refractivity contribution in [2.45, 2.75) is 0 Å². The number of nitrogens with zero attached hydrogens (tertiary/aromatic N) is 2. The first-order valence-corrected chi connectivity index (χ1v) is 6.26. The maximum absolute atomic E-state index is 13.5. The first-order valence-electron chi connectivity index (χ1n) is 5.18. The van der Waals surface area contributed by atoms with E-state index in [-0.39, 0.29) is 9.26 Å². The Morgan fingerprint density at radius 3 is 2.65 bits per heavy atom. The molecule has 5 nitrogen and oxygen atoms in total. The summed E-state index contributed by atoms with van der Waals surface area (Å²) in [5, 5.41) is 14.1. The number of hydrogen-bond acceptors (Lipinski definition) is 4. The highest BCUT2D eigenvalue weighted by Gasteiger charge is 2.23. The summed E-state index contributed by atoms with van der Waals surface area (Å²) in [7, 11) is 0. The predicted octanol–water partition coefficient (Wildman–Crippen LogP) is 1.75. The molecule has 0 unspecified atom stereocenters. The van der Waals surface area contributed by atoms with Gasteiger partial charge in [-0.15, -0.1) is 0 Å². The summed E-state index contributed by atoms with van der Waals surface area (Å²) >= 11 is 1.76. The van der Waals surface area contributed by atoms with Crippen LogP contribution in [0.3, 0.4) is 0 Å². The van der Waals surface area contributed by atoms with Crippen LogP contribution >= 0.6 is 22.6 Å². The van der Waals surface area contributed by atoms with Crippen molar-refractivity contribution in [2.24, 2.45) is 0 Å². The fourth-order valence-corrected chi connectivity index (χ4v) is 2.28. The molecule has 0 spiro atoms. The summed E-state index contributed by atoms with van der Waals surface area (Å²) in [5.41, 5.74) is 0.340. The van der Waals surface area contributed by atoms with Crippen LogP contribution in [0.5, 0.6) is 0 Å². The van der Waals surface area contributed by atoms with Crippen molar-refractivity contribution in [1.29, 1.82) is 0 Å². The van der Waals surface area contributed by atoms with Gasteiger partial charge in [0.1, 0.15) is 11.5 Å². The molecular weight excluding hydrogens is 340 g/mol. The lowest BCUT2D eigenvalue weighted by Crippen LogP contribution is -2.43. The van der Waals surface area contributed by atoms with Crippen molar-refractivity contribution in [1.82, 2.24) is 5.32 Å². The fourth-order valence-electron chi connectivity index (χ4n) is 1.83. The number of hydrogen-bond donors (Lipinski definition) is 1. The van der Waals surface area contributed by atoms with E-state index >= 15 is 0 Å². The Hall–Kier alpha value is -0.960. The van der Waals surface area contributed by atoms with Crippen LogP contribution < -0.4 is 10.2 Å². The molecule has 1 aliphatic heterocycles. The van der Waals surface area contributed by atoms with E-state index in [9.17, 15) is 14.5 Å². The van der Waals surface area contributed by atoms with Gasteiger partial charge in [0.15, 0.2) is 0 Å². The molecule has 0 radical (unpaired) electrons. The van der Waals surface area contributed by atoms with Crippen molar-refractivity contribution in [2.75, 3.05) is 31.1 Å². The lowest BCUT2D eigenvalue weighted by Gasteiger charge is -2.29. The monoisotopic (exact) mass is 351 g/mol. The number of piperazine rings is 1. The smallest absolute Gasteiger partial charge is 0.293 e. The molecule has 1 heterocycles. The van der Waals surface area contributed by atoms with Gasteiger partial charge in [0.2, 0.25) is 0 Å². The van der Waals surface area contributed by atoms with Crippen LogP contribution in [0.1, 0.15) is 0 Å². The van der Waals surface area contributed by atoms with Gasteiger partial charge in [0.25, 0.3) is 5.69 Å². The Morgan fingerprint density at radius 1 is 1.41 bits per heavy atom. The molecule has 1 aromatic carbocycles. The number of anilines is 1. The molecule has 1 aromatic rings. The van der Waals surface area contributed by atoms with Crippen LogP contribution in [0.25, 0.3) is 0 Å². The van der Waals surface area contributed by atoms with E-state index in [0.29, 0.717) is 18.8 Å². The zero-order valence-electron chi connectivity index (χ0n) is 8.95. The molecule has 92 valence electrons. The standard InChI is InChI=1S/C10H11FIN3O2/c11-7-5-9(14-3-1-13-2-4-14)10(15(16)17)6-8(7)12/h5-6,13H,1-4H2. The zero-order chi connectivity index (χ0) is 12.4. The van der Waals surface area contributed by atoms with E-state index in [4.69, 9.17) is 0 Å². The van der Waals surface area contributed by atoms with Gasteiger partial charge in [-0.25, -0.2) is 4.39 Å². The van der Waals surface area contributed by atoms with Crippen molar-refractivity contribution in [3.8, 4) is 0 Å². The maximum Gasteiger partial charge on any atom is 0.293 e. The second-order valence-corrected chi connectivity index (χ2v) is 4.91. The van der Waals surface area contributed by atoms with Gasteiger partial charge in [-0.05, 0) is 22.6 Å². The SMILES string of the molecule is O=[N+]([O-])c1cc(I)c(F)cc1N1CCNCC1. The Kier molecular flexibility index (Phi) is 3.77. The van der Waals surface area contributed by atoms with E-state index in [1.165, 1.54) is 12.1 Å². The van der Waals surface area contributed by atoms with Gasteiger partial charge in [0, 0.05) is 38.3 Å². The van der Waals surface area contributed by atoms with Crippen LogP contribution in [0, 0.1) is 19.5 Å². The van der Waals surface area contributed by atoms with Crippen molar-refractivity contribution in [3.05, 3.63) is 31.6 Å². The van der Waals surface area contributed by atoms with Crippen LogP contribution in [0.2, 0.25) is 0 Å². The summed E-state index contributed by atoms with van der Waals surface area (Å²) in [6, 6.07) is 2.54. The molecule has 7 heteroatoms. The third-order valence-electron chi connectivity index (χ3n) is 2.67. The number of nitro benzene ring substituents is 1. The van der Waals surface area contributed by atoms with Gasteiger partial charge < -0.3 is 10.2 Å². The molecule has 17 heavy (non-hydrogen) atoms. The van der Waals surface area contributed by atoms with E-state index < -0.39 is 10.7 Å². The Labute approximate surface area is 111 Å². The van der Waals surface area contributed by atoms with Crippen LogP contribution in [-0.2, 0) is 0 Å². The minimum atomic E-state index is -0.459. The highest BCUT2D eigenvalue weighted by molar-refractivity contribution is 14.1. The minimum Gasteiger partial charge on any atom is -0.363 e. The van der Waals surface area contributed by atoms with Crippen molar-refractivity contribution < 1.29 is 9.31 Å². The van der Waals surface area contributed by atoms with Gasteiger partial charge in [-0.2, -0.15) is 0 Å². The highest BCUT2D eigenvalue weighted by Crippen LogP contribution is 2.31. The molecule has 1 saturated heterocycles. The lowest BCUT2D eigenvalue weighted by molar-refractivity contribution is -0.384. The zero-order valence-corrected chi connectivity index (χ0v) is 11.1. The largest absolute Gasteiger partial charge is 0.363 e. The Balaban J connectivity index is 2.42. The first-order chi connectivity index (χ1) is 8.09. The number of nitro groups is 1. The van der Waals surface area contributed by atoms with Gasteiger partial charge in [0.05, 0.1) is 8.49 Å². The highest BCUT2D eigenvalue weighted by atomic mass is 127. The third kappa shape index (κ3) is 2.65. The first kappa shape index (κ1) is 12.5. The molecule has 0 amide bonds. The molecule has 1 N–H and O–H groups in total. The predicted molar refractivity (Wildman–Crippen MR) is 70.9 cm³/mol. The van der Waals surface area contributed by atoms with Crippen molar-refractivity contribution >= 4 is 34.0 Å². The molecule has 0 aromatic heterocycles. The summed E-state index contributed by atoms with van der Waals surface area (Å²) in [4.78, 5) is 12.3. The van der Waals surface area contributed by atoms with Crippen LogP contribution in [0.4, 0.5) is 15.8 Å². The van der Waals surface area contributed by atoms with Gasteiger partial charge >= 0.3 is 0 Å². The Morgan fingerprint density at radius 2 is 2.06 bits per heavy atom. The number of benzene rings is 1. The molecular formula is C10H11FIN3O2. The molecule has 0 saturated carbocycles. The average molecular weight is 351 g/mol. The maximum atomic E-state index is 13.5. The van der Waals surface area contributed by atoms with E-state index in [0.717, 1.165) is 13.1 Å². The molecule has 1 fully saturated rings. The fraction of sp³-hybridized carbons (Fsp3) is 0.400. The summed E-state index contributed by atoms with van der Waals surface area (Å²) in [6.45, 7) is 2.82.